The maximum Gasteiger partial charge on any atom is 0.241 e. The topological polar surface area (TPSA) is 58.5 Å². The number of hydrogen-bond donors (Lipinski definition) is 0. The van der Waals surface area contributed by atoms with E-state index >= 15 is 0 Å². The predicted octanol–water partition coefficient (Wildman–Crippen LogP) is 3.74. The van der Waals surface area contributed by atoms with Crippen LogP contribution in [0.2, 0.25) is 0 Å². The molecule has 4 rings (SSSR count). The number of fused-ring (bicyclic) bond motifs is 1. The molecule has 2 unspecified atom stereocenters. The van der Waals surface area contributed by atoms with Gasteiger partial charge in [-0.2, -0.15) is 0 Å². The fourth-order valence-corrected chi connectivity index (χ4v) is 4.17. The van der Waals surface area contributed by atoms with Gasteiger partial charge in [0.05, 0.1) is 23.4 Å². The van der Waals surface area contributed by atoms with Gasteiger partial charge in [-0.25, -0.2) is 9.97 Å². The molecule has 1 amide bonds. The molecule has 0 saturated carbocycles. The summed E-state index contributed by atoms with van der Waals surface area (Å²) in [6.07, 6.45) is 7.79. The number of aliphatic imine (C=N–C) groups is 1. The lowest BCUT2D eigenvalue weighted by Crippen LogP contribution is -2.49. The third-order valence-electron chi connectivity index (χ3n) is 4.47. The number of benzene rings is 1. The Morgan fingerprint density at radius 3 is 2.48 bits per heavy atom. The van der Waals surface area contributed by atoms with Crippen molar-refractivity contribution in [2.75, 3.05) is 10.7 Å². The molecule has 0 fully saturated rings. The molecule has 1 aromatic carbocycles. The zero-order valence-electron chi connectivity index (χ0n) is 15.2. The highest BCUT2D eigenvalue weighted by Crippen LogP contribution is 2.29. The summed E-state index contributed by atoms with van der Waals surface area (Å²) in [5.41, 5.74) is 2.71. The van der Waals surface area contributed by atoms with Crippen LogP contribution in [0.5, 0.6) is 0 Å². The standard InChI is InChI=1S/C21H20N4OS/c1-14-12-15(2)23-21(22-14)27-13-19-24-18-11-7-6-10-17(18)20(26)25(19)16-8-4-3-5-9-16/h3-12,17-18H,13H2,1-2H3. The van der Waals surface area contributed by atoms with E-state index in [-0.39, 0.29) is 17.9 Å². The largest absolute Gasteiger partial charge is 0.273 e. The molecule has 1 aliphatic carbocycles. The molecule has 0 spiro atoms. The van der Waals surface area contributed by atoms with Crippen LogP contribution in [0.4, 0.5) is 5.69 Å². The van der Waals surface area contributed by atoms with Crippen LogP contribution < -0.4 is 4.90 Å². The van der Waals surface area contributed by atoms with Gasteiger partial charge in [0, 0.05) is 11.4 Å². The number of allylic oxidation sites excluding steroid dienone is 2. The van der Waals surface area contributed by atoms with E-state index in [9.17, 15) is 4.79 Å². The normalized spacial score (nSPS) is 21.2. The minimum Gasteiger partial charge on any atom is -0.273 e. The maximum absolute atomic E-state index is 13.2. The number of anilines is 1. The van der Waals surface area contributed by atoms with E-state index in [0.717, 1.165) is 22.9 Å². The number of aryl methyl sites for hydroxylation is 2. The van der Waals surface area contributed by atoms with Crippen LogP contribution in [-0.2, 0) is 4.79 Å². The molecule has 2 atom stereocenters. The second-order valence-corrected chi connectivity index (χ2v) is 7.51. The van der Waals surface area contributed by atoms with E-state index in [0.29, 0.717) is 10.9 Å². The first-order chi connectivity index (χ1) is 13.1. The number of hydrogen-bond acceptors (Lipinski definition) is 5. The molecule has 6 heteroatoms. The quantitative estimate of drug-likeness (QED) is 0.602. The Kier molecular flexibility index (Phi) is 4.90. The molecule has 0 radical (unpaired) electrons. The van der Waals surface area contributed by atoms with Crippen LogP contribution in [-0.4, -0.2) is 33.5 Å². The van der Waals surface area contributed by atoms with Crippen molar-refractivity contribution in [3.8, 4) is 0 Å². The van der Waals surface area contributed by atoms with Gasteiger partial charge in [0.25, 0.3) is 0 Å². The van der Waals surface area contributed by atoms with E-state index in [1.165, 1.54) is 11.8 Å². The summed E-state index contributed by atoms with van der Waals surface area (Å²) in [6.45, 7) is 3.92. The molecule has 5 nitrogen and oxygen atoms in total. The van der Waals surface area contributed by atoms with Crippen LogP contribution in [0, 0.1) is 19.8 Å². The SMILES string of the molecule is Cc1cc(C)nc(SCC2=NC3C=CC=CC3C(=O)N2c2ccccc2)n1. The van der Waals surface area contributed by atoms with Crippen molar-refractivity contribution >= 4 is 29.2 Å². The Labute approximate surface area is 162 Å². The molecule has 136 valence electrons. The molecule has 2 aliphatic rings. The third kappa shape index (κ3) is 3.71. The molecular formula is C21H20N4OS. The summed E-state index contributed by atoms with van der Waals surface area (Å²) in [5, 5.41) is 0.705. The summed E-state index contributed by atoms with van der Waals surface area (Å²) >= 11 is 1.51. The second kappa shape index (κ2) is 7.48. The number of para-hydroxylation sites is 1. The summed E-state index contributed by atoms with van der Waals surface area (Å²) in [5.74, 6) is 1.07. The number of carbonyl (C=O) groups excluding carboxylic acids is 1. The van der Waals surface area contributed by atoms with Crippen molar-refractivity contribution in [3.63, 3.8) is 0 Å². The highest BCUT2D eigenvalue weighted by Gasteiger charge is 2.37. The van der Waals surface area contributed by atoms with Gasteiger partial charge in [0.1, 0.15) is 5.84 Å². The lowest BCUT2D eigenvalue weighted by atomic mass is 9.92. The van der Waals surface area contributed by atoms with E-state index in [1.807, 2.05) is 74.5 Å². The van der Waals surface area contributed by atoms with Crippen LogP contribution in [0.15, 0.2) is 70.9 Å². The Bertz CT molecular complexity index is 932. The number of thioether (sulfide) groups is 1. The van der Waals surface area contributed by atoms with Crippen LogP contribution >= 0.6 is 11.8 Å². The number of amides is 1. The van der Waals surface area contributed by atoms with Crippen molar-refractivity contribution in [2.24, 2.45) is 10.9 Å². The Morgan fingerprint density at radius 2 is 1.74 bits per heavy atom. The van der Waals surface area contributed by atoms with Gasteiger partial charge in [-0.1, -0.05) is 54.3 Å². The molecular weight excluding hydrogens is 356 g/mol. The molecule has 0 bridgehead atoms. The first kappa shape index (κ1) is 17.7. The van der Waals surface area contributed by atoms with Crippen LogP contribution in [0.3, 0.4) is 0 Å². The number of nitrogens with zero attached hydrogens (tertiary/aromatic N) is 4. The van der Waals surface area contributed by atoms with Crippen molar-refractivity contribution in [3.05, 3.63) is 72.1 Å². The molecule has 2 aromatic rings. The minimum atomic E-state index is -0.249. The van der Waals surface area contributed by atoms with Crippen molar-refractivity contribution < 1.29 is 4.79 Å². The van der Waals surface area contributed by atoms with E-state index in [4.69, 9.17) is 4.99 Å². The first-order valence-corrected chi connectivity index (χ1v) is 9.86. The van der Waals surface area contributed by atoms with Gasteiger partial charge in [-0.15, -0.1) is 0 Å². The lowest BCUT2D eigenvalue weighted by molar-refractivity contribution is -0.120. The number of amidine groups is 1. The van der Waals surface area contributed by atoms with Crippen molar-refractivity contribution in [1.82, 2.24) is 9.97 Å². The smallest absolute Gasteiger partial charge is 0.241 e. The van der Waals surface area contributed by atoms with Crippen LogP contribution in [0.1, 0.15) is 11.4 Å². The summed E-state index contributed by atoms with van der Waals surface area (Å²) in [4.78, 5) is 28.8. The van der Waals surface area contributed by atoms with Gasteiger partial charge in [0.15, 0.2) is 5.16 Å². The fourth-order valence-electron chi connectivity index (χ4n) is 3.30. The molecule has 0 N–H and O–H groups in total. The summed E-state index contributed by atoms with van der Waals surface area (Å²) < 4.78 is 0. The number of carbonyl (C=O) groups is 1. The zero-order valence-corrected chi connectivity index (χ0v) is 16.1. The Balaban J connectivity index is 1.66. The maximum atomic E-state index is 13.2. The molecule has 27 heavy (non-hydrogen) atoms. The predicted molar refractivity (Wildman–Crippen MR) is 109 cm³/mol. The highest BCUT2D eigenvalue weighted by atomic mass is 32.2. The average Bonchev–Trinajstić information content (AvgIpc) is 2.66. The zero-order chi connectivity index (χ0) is 18.8. The Morgan fingerprint density at radius 1 is 1.04 bits per heavy atom. The van der Waals surface area contributed by atoms with Crippen LogP contribution in [0.25, 0.3) is 0 Å². The fraction of sp³-hybridized carbons (Fsp3) is 0.238. The second-order valence-electron chi connectivity index (χ2n) is 6.56. The minimum absolute atomic E-state index is 0.0544. The van der Waals surface area contributed by atoms with E-state index in [1.54, 1.807) is 4.90 Å². The van der Waals surface area contributed by atoms with Crippen molar-refractivity contribution in [1.29, 1.82) is 0 Å². The van der Waals surface area contributed by atoms with Gasteiger partial charge in [-0.05, 0) is 32.0 Å². The number of aromatic nitrogens is 2. The van der Waals surface area contributed by atoms with Gasteiger partial charge in [0.2, 0.25) is 5.91 Å². The van der Waals surface area contributed by atoms with E-state index in [2.05, 4.69) is 9.97 Å². The average molecular weight is 376 g/mol. The molecule has 0 saturated heterocycles. The number of rotatable bonds is 4. The molecule has 2 heterocycles. The molecule has 1 aromatic heterocycles. The summed E-state index contributed by atoms with van der Waals surface area (Å²) in [7, 11) is 0. The monoisotopic (exact) mass is 376 g/mol. The summed E-state index contributed by atoms with van der Waals surface area (Å²) in [6, 6.07) is 11.5. The van der Waals surface area contributed by atoms with Gasteiger partial charge >= 0.3 is 0 Å². The van der Waals surface area contributed by atoms with Gasteiger partial charge in [-0.3, -0.25) is 14.7 Å². The van der Waals surface area contributed by atoms with E-state index < -0.39 is 0 Å². The third-order valence-corrected chi connectivity index (χ3v) is 5.32. The lowest BCUT2D eigenvalue weighted by Gasteiger charge is -2.35. The Hall–Kier alpha value is -2.73. The van der Waals surface area contributed by atoms with Gasteiger partial charge < -0.3 is 0 Å². The first-order valence-electron chi connectivity index (χ1n) is 8.87. The van der Waals surface area contributed by atoms with Crippen molar-refractivity contribution in [2.45, 2.75) is 25.0 Å². The highest BCUT2D eigenvalue weighted by molar-refractivity contribution is 7.99. The molecule has 1 aliphatic heterocycles.